The number of amides is 1. The highest BCUT2D eigenvalue weighted by atomic mass is 35.5. The largest absolute Gasteiger partial charge is 0.461 e. The van der Waals surface area contributed by atoms with Gasteiger partial charge in [0.05, 0.1) is 23.0 Å². The van der Waals surface area contributed by atoms with Crippen LogP contribution in [0.1, 0.15) is 47.5 Å². The number of likely N-dealkylation sites (tertiary alicyclic amines) is 1. The average molecular weight is 486 g/mol. The summed E-state index contributed by atoms with van der Waals surface area (Å²) in [7, 11) is 0. The van der Waals surface area contributed by atoms with Gasteiger partial charge < -0.3 is 9.64 Å². The van der Waals surface area contributed by atoms with Gasteiger partial charge in [-0.3, -0.25) is 4.79 Å². The van der Waals surface area contributed by atoms with Gasteiger partial charge in [0.15, 0.2) is 5.69 Å². The fraction of sp³-hybridized carbons (Fsp3) is 0.320. The van der Waals surface area contributed by atoms with E-state index in [0.717, 1.165) is 25.9 Å². The molecule has 33 heavy (non-hydrogen) atoms. The maximum atomic E-state index is 12.9. The molecule has 1 fully saturated rings. The zero-order valence-electron chi connectivity index (χ0n) is 18.6. The first kappa shape index (κ1) is 23.3. The monoisotopic (exact) mass is 485 g/mol. The Morgan fingerprint density at radius 3 is 2.55 bits per heavy atom. The molecule has 2 heterocycles. The zero-order chi connectivity index (χ0) is 23.5. The van der Waals surface area contributed by atoms with Gasteiger partial charge in [-0.2, -0.15) is 5.10 Å². The lowest BCUT2D eigenvalue weighted by Crippen LogP contribution is -2.39. The van der Waals surface area contributed by atoms with E-state index in [1.807, 2.05) is 17.0 Å². The molecule has 1 aliphatic heterocycles. The lowest BCUT2D eigenvalue weighted by Gasteiger charge is -2.31. The zero-order valence-corrected chi connectivity index (χ0v) is 20.1. The number of carbonyl (C=O) groups excluding carboxylic acids is 2. The van der Waals surface area contributed by atoms with Crippen LogP contribution in [0, 0.1) is 5.92 Å². The highest BCUT2D eigenvalue weighted by Gasteiger charge is 2.23. The van der Waals surface area contributed by atoms with Crippen LogP contribution in [0.15, 0.2) is 48.5 Å². The molecule has 0 spiro atoms. The Hall–Kier alpha value is -2.83. The Morgan fingerprint density at radius 1 is 1.12 bits per heavy atom. The Morgan fingerprint density at radius 2 is 1.88 bits per heavy atom. The van der Waals surface area contributed by atoms with Crippen molar-refractivity contribution in [3.05, 3.63) is 69.8 Å². The molecule has 6 nitrogen and oxygen atoms in total. The third kappa shape index (κ3) is 5.07. The fourth-order valence-corrected chi connectivity index (χ4v) is 4.58. The van der Waals surface area contributed by atoms with E-state index in [1.54, 1.807) is 48.0 Å². The van der Waals surface area contributed by atoms with Gasteiger partial charge in [0.25, 0.3) is 5.91 Å². The molecular formula is C25H25Cl2N3O3. The van der Waals surface area contributed by atoms with E-state index in [9.17, 15) is 9.59 Å². The van der Waals surface area contributed by atoms with Crippen molar-refractivity contribution in [2.24, 2.45) is 5.92 Å². The second-order valence-electron chi connectivity index (χ2n) is 8.22. The summed E-state index contributed by atoms with van der Waals surface area (Å²) < 4.78 is 6.75. The Bertz CT molecular complexity index is 1170. The summed E-state index contributed by atoms with van der Waals surface area (Å²) in [4.78, 5) is 27.2. The van der Waals surface area contributed by atoms with E-state index < -0.39 is 5.97 Å². The second kappa shape index (κ2) is 9.98. The van der Waals surface area contributed by atoms with E-state index in [4.69, 9.17) is 27.9 Å². The van der Waals surface area contributed by atoms with Gasteiger partial charge in [-0.05, 0) is 74.2 Å². The molecule has 172 valence electrons. The molecule has 1 atom stereocenters. The van der Waals surface area contributed by atoms with Gasteiger partial charge in [0.1, 0.15) is 0 Å². The standard InChI is InChI=1S/C25H25Cl2N3O3/c1-3-33-25(32)22-14-23(20-11-8-18(26)13-21(20)27)30(28-22)19-9-6-17(7-10-19)24(31)29-12-4-5-16(2)15-29/h6-11,13-14,16H,3-5,12,15H2,1-2H3. The molecule has 1 aliphatic rings. The van der Waals surface area contributed by atoms with Gasteiger partial charge >= 0.3 is 5.97 Å². The van der Waals surface area contributed by atoms with Crippen LogP contribution in [0.2, 0.25) is 10.0 Å². The van der Waals surface area contributed by atoms with Crippen LogP contribution in [-0.4, -0.2) is 46.3 Å². The molecule has 1 unspecified atom stereocenters. The lowest BCUT2D eigenvalue weighted by molar-refractivity contribution is 0.0518. The highest BCUT2D eigenvalue weighted by molar-refractivity contribution is 6.36. The van der Waals surface area contributed by atoms with Crippen LogP contribution < -0.4 is 0 Å². The molecule has 0 radical (unpaired) electrons. The predicted octanol–water partition coefficient (Wildman–Crippen LogP) is 5.89. The minimum atomic E-state index is -0.520. The molecule has 3 aromatic rings. The normalized spacial score (nSPS) is 16.0. The van der Waals surface area contributed by atoms with Crippen molar-refractivity contribution in [1.82, 2.24) is 14.7 Å². The highest BCUT2D eigenvalue weighted by Crippen LogP contribution is 2.32. The summed E-state index contributed by atoms with van der Waals surface area (Å²) in [6, 6.07) is 14.0. The lowest BCUT2D eigenvalue weighted by atomic mass is 9.99. The van der Waals surface area contributed by atoms with Crippen LogP contribution in [0.25, 0.3) is 16.9 Å². The first-order valence-electron chi connectivity index (χ1n) is 11.0. The number of nitrogens with zero attached hydrogens (tertiary/aromatic N) is 3. The molecule has 0 bridgehead atoms. The molecule has 4 rings (SSSR count). The number of benzene rings is 2. The van der Waals surface area contributed by atoms with Crippen LogP contribution in [-0.2, 0) is 4.74 Å². The summed E-state index contributed by atoms with van der Waals surface area (Å²) >= 11 is 12.5. The number of rotatable bonds is 5. The van der Waals surface area contributed by atoms with Gasteiger partial charge in [-0.1, -0.05) is 30.1 Å². The number of carbonyl (C=O) groups is 2. The number of aromatic nitrogens is 2. The smallest absolute Gasteiger partial charge is 0.358 e. The summed E-state index contributed by atoms with van der Waals surface area (Å²) in [6.45, 7) is 5.72. The minimum Gasteiger partial charge on any atom is -0.461 e. The summed E-state index contributed by atoms with van der Waals surface area (Å²) in [5.74, 6) is 0.0226. The van der Waals surface area contributed by atoms with Crippen LogP contribution in [0.4, 0.5) is 0 Å². The van der Waals surface area contributed by atoms with Crippen molar-refractivity contribution in [3.8, 4) is 16.9 Å². The molecule has 8 heteroatoms. The SMILES string of the molecule is CCOC(=O)c1cc(-c2ccc(Cl)cc2Cl)n(-c2ccc(C(=O)N3CCCC(C)C3)cc2)n1. The quantitative estimate of drug-likeness (QED) is 0.422. The van der Waals surface area contributed by atoms with E-state index in [-0.39, 0.29) is 18.2 Å². The number of ether oxygens (including phenoxy) is 1. The Kier molecular flexibility index (Phi) is 7.05. The number of piperidine rings is 1. The van der Waals surface area contributed by atoms with E-state index in [1.165, 1.54) is 0 Å². The number of hydrogen-bond acceptors (Lipinski definition) is 4. The second-order valence-corrected chi connectivity index (χ2v) is 9.06. The van der Waals surface area contributed by atoms with Gasteiger partial charge in [-0.15, -0.1) is 0 Å². The molecular weight excluding hydrogens is 461 g/mol. The van der Waals surface area contributed by atoms with Crippen molar-refractivity contribution < 1.29 is 14.3 Å². The minimum absolute atomic E-state index is 0.0294. The van der Waals surface area contributed by atoms with E-state index in [2.05, 4.69) is 12.0 Å². The summed E-state index contributed by atoms with van der Waals surface area (Å²) in [5, 5.41) is 5.41. The molecule has 0 N–H and O–H groups in total. The number of hydrogen-bond donors (Lipinski definition) is 0. The van der Waals surface area contributed by atoms with Gasteiger partial charge in [-0.25, -0.2) is 9.48 Å². The number of esters is 1. The van der Waals surface area contributed by atoms with E-state index in [0.29, 0.717) is 38.5 Å². The Labute approximate surface area is 203 Å². The Balaban J connectivity index is 1.70. The molecule has 0 saturated carbocycles. The van der Waals surface area contributed by atoms with Crippen LogP contribution >= 0.6 is 23.2 Å². The topological polar surface area (TPSA) is 64.4 Å². The fourth-order valence-electron chi connectivity index (χ4n) is 4.07. The summed E-state index contributed by atoms with van der Waals surface area (Å²) in [6.07, 6.45) is 2.18. The van der Waals surface area contributed by atoms with Crippen molar-refractivity contribution in [3.63, 3.8) is 0 Å². The van der Waals surface area contributed by atoms with Crippen molar-refractivity contribution in [1.29, 1.82) is 0 Å². The molecule has 1 aromatic heterocycles. The average Bonchev–Trinajstić information content (AvgIpc) is 3.24. The van der Waals surface area contributed by atoms with Gasteiger partial charge in [0.2, 0.25) is 0 Å². The molecule has 0 aliphatic carbocycles. The van der Waals surface area contributed by atoms with Gasteiger partial charge in [0, 0.05) is 29.2 Å². The summed E-state index contributed by atoms with van der Waals surface area (Å²) in [5.41, 5.74) is 2.77. The maximum absolute atomic E-state index is 12.9. The molecule has 2 aromatic carbocycles. The first-order valence-corrected chi connectivity index (χ1v) is 11.7. The number of halogens is 2. The van der Waals surface area contributed by atoms with E-state index >= 15 is 0 Å². The third-order valence-corrected chi connectivity index (χ3v) is 6.25. The predicted molar refractivity (Wildman–Crippen MR) is 129 cm³/mol. The maximum Gasteiger partial charge on any atom is 0.358 e. The van der Waals surface area contributed by atoms with Crippen LogP contribution in [0.3, 0.4) is 0 Å². The molecule has 1 saturated heterocycles. The van der Waals surface area contributed by atoms with Crippen LogP contribution in [0.5, 0.6) is 0 Å². The third-order valence-electron chi connectivity index (χ3n) is 5.70. The van der Waals surface area contributed by atoms with Crippen molar-refractivity contribution in [2.75, 3.05) is 19.7 Å². The first-order chi connectivity index (χ1) is 15.9. The van der Waals surface area contributed by atoms with Crippen molar-refractivity contribution in [2.45, 2.75) is 26.7 Å². The van der Waals surface area contributed by atoms with Crippen molar-refractivity contribution >= 4 is 35.1 Å². The molecule has 1 amide bonds.